The lowest BCUT2D eigenvalue weighted by atomic mass is 9.67. The summed E-state index contributed by atoms with van der Waals surface area (Å²) in [6, 6.07) is 70.6. The highest BCUT2D eigenvalue weighted by Crippen LogP contribution is 2.58. The summed E-state index contributed by atoms with van der Waals surface area (Å²) < 4.78 is 2.28. The Morgan fingerprint density at radius 3 is 1.77 bits per heavy atom. The molecule has 0 N–H and O–H groups in total. The Labute approximate surface area is 326 Å². The number of hydrogen-bond donors (Lipinski definition) is 0. The quantitative estimate of drug-likeness (QED) is 0.161. The zero-order chi connectivity index (χ0) is 37.2. The third-order valence-electron chi connectivity index (χ3n) is 11.9. The number of hydrogen-bond acceptors (Lipinski definition) is 2. The molecule has 0 atom stereocenters. The van der Waals surface area contributed by atoms with Crippen LogP contribution in [-0.4, -0.2) is 14.5 Å². The standard InChI is InChI=1S/C53H37N3/c1-2-49-54-47-23-13-14-24-48(47)56(49)40-31-29-36(30-32-40)35-25-27-37(28-26-35)52-51-42(41-19-10-12-22-46(41)55-52)33-34-45-50(51)43-20-9-11-21-44(43)53(45,38-15-5-3-6-16-38)39-17-7-4-8-18-39/h3-34H,2H2,1H3. The number of para-hydroxylation sites is 3. The van der Waals surface area contributed by atoms with Gasteiger partial charge in [-0.3, -0.25) is 4.57 Å². The summed E-state index contributed by atoms with van der Waals surface area (Å²) in [5.74, 6) is 1.07. The fourth-order valence-corrected chi connectivity index (χ4v) is 9.41. The molecule has 2 heterocycles. The Hall–Kier alpha value is -7.10. The predicted octanol–water partition coefficient (Wildman–Crippen LogP) is 13.0. The van der Waals surface area contributed by atoms with E-state index in [4.69, 9.17) is 9.97 Å². The second-order valence-corrected chi connectivity index (χ2v) is 14.7. The van der Waals surface area contributed by atoms with Crippen molar-refractivity contribution >= 4 is 32.7 Å². The number of aryl methyl sites for hydroxylation is 1. The molecule has 10 aromatic rings. The van der Waals surface area contributed by atoms with Crippen molar-refractivity contribution in [1.82, 2.24) is 14.5 Å². The van der Waals surface area contributed by atoms with Crippen LogP contribution >= 0.6 is 0 Å². The van der Waals surface area contributed by atoms with Gasteiger partial charge in [0.15, 0.2) is 0 Å². The maximum Gasteiger partial charge on any atom is 0.114 e. The van der Waals surface area contributed by atoms with Crippen LogP contribution in [0.2, 0.25) is 0 Å². The Balaban J connectivity index is 1.10. The van der Waals surface area contributed by atoms with Crippen molar-refractivity contribution in [2.24, 2.45) is 0 Å². The number of pyridine rings is 1. The fourth-order valence-electron chi connectivity index (χ4n) is 9.41. The summed E-state index contributed by atoms with van der Waals surface area (Å²) in [7, 11) is 0. The van der Waals surface area contributed by atoms with E-state index >= 15 is 0 Å². The van der Waals surface area contributed by atoms with E-state index in [1.54, 1.807) is 0 Å². The molecule has 11 rings (SSSR count). The second-order valence-electron chi connectivity index (χ2n) is 14.7. The number of benzene rings is 8. The first kappa shape index (κ1) is 32.3. The van der Waals surface area contributed by atoms with Crippen LogP contribution in [0.1, 0.15) is 35.0 Å². The Bertz CT molecular complexity index is 3050. The lowest BCUT2D eigenvalue weighted by Gasteiger charge is -2.34. The minimum Gasteiger partial charge on any atom is -0.296 e. The van der Waals surface area contributed by atoms with Crippen LogP contribution in [-0.2, 0) is 11.8 Å². The average molecular weight is 716 g/mol. The van der Waals surface area contributed by atoms with E-state index < -0.39 is 5.41 Å². The lowest BCUT2D eigenvalue weighted by Crippen LogP contribution is -2.28. The number of fused-ring (bicyclic) bond motifs is 8. The molecule has 3 heteroatoms. The first-order chi connectivity index (χ1) is 27.7. The van der Waals surface area contributed by atoms with E-state index in [0.717, 1.165) is 51.1 Å². The molecule has 1 aliphatic rings. The highest BCUT2D eigenvalue weighted by atomic mass is 15.1. The zero-order valence-electron chi connectivity index (χ0n) is 31.0. The number of aromatic nitrogens is 3. The van der Waals surface area contributed by atoms with Gasteiger partial charge in [-0.25, -0.2) is 9.97 Å². The molecule has 0 unspecified atom stereocenters. The monoisotopic (exact) mass is 715 g/mol. The van der Waals surface area contributed by atoms with Crippen LogP contribution in [0.15, 0.2) is 194 Å². The molecule has 0 saturated heterocycles. The normalized spacial score (nSPS) is 12.9. The van der Waals surface area contributed by atoms with Gasteiger partial charge in [-0.1, -0.05) is 171 Å². The maximum absolute atomic E-state index is 5.49. The van der Waals surface area contributed by atoms with Gasteiger partial charge in [0.25, 0.3) is 0 Å². The van der Waals surface area contributed by atoms with Crippen LogP contribution in [0.4, 0.5) is 0 Å². The van der Waals surface area contributed by atoms with Gasteiger partial charge in [-0.05, 0) is 80.2 Å². The largest absolute Gasteiger partial charge is 0.296 e. The molecular formula is C53H37N3. The lowest BCUT2D eigenvalue weighted by molar-refractivity contribution is 0.769. The van der Waals surface area contributed by atoms with E-state index in [1.807, 2.05) is 0 Å². The Kier molecular flexibility index (Phi) is 7.36. The third-order valence-corrected chi connectivity index (χ3v) is 11.9. The molecule has 0 radical (unpaired) electrons. The summed E-state index contributed by atoms with van der Waals surface area (Å²) in [6.45, 7) is 2.16. The smallest absolute Gasteiger partial charge is 0.114 e. The summed E-state index contributed by atoms with van der Waals surface area (Å²) in [5.41, 5.74) is 15.9. The van der Waals surface area contributed by atoms with Crippen molar-refractivity contribution in [3.8, 4) is 39.2 Å². The molecule has 264 valence electrons. The third kappa shape index (κ3) is 4.71. The van der Waals surface area contributed by atoms with Gasteiger partial charge >= 0.3 is 0 Å². The summed E-state index contributed by atoms with van der Waals surface area (Å²) in [5, 5.41) is 3.57. The summed E-state index contributed by atoms with van der Waals surface area (Å²) in [4.78, 5) is 10.4. The SMILES string of the molecule is CCc1nc2ccccc2n1-c1ccc(-c2ccc(-c3nc4ccccc4c4ccc5c(c34)-c3ccccc3C5(c3ccccc3)c3ccccc3)cc2)cc1. The summed E-state index contributed by atoms with van der Waals surface area (Å²) in [6.07, 6.45) is 0.865. The Morgan fingerprint density at radius 1 is 0.464 bits per heavy atom. The van der Waals surface area contributed by atoms with Crippen molar-refractivity contribution < 1.29 is 0 Å². The van der Waals surface area contributed by atoms with Crippen molar-refractivity contribution in [3.63, 3.8) is 0 Å². The van der Waals surface area contributed by atoms with Gasteiger partial charge in [0, 0.05) is 28.4 Å². The molecule has 0 spiro atoms. The molecule has 0 bridgehead atoms. The van der Waals surface area contributed by atoms with E-state index in [0.29, 0.717) is 0 Å². The molecule has 0 aliphatic heterocycles. The van der Waals surface area contributed by atoms with Gasteiger partial charge in [0.05, 0.1) is 27.7 Å². The molecule has 3 nitrogen and oxygen atoms in total. The van der Waals surface area contributed by atoms with Gasteiger partial charge < -0.3 is 0 Å². The van der Waals surface area contributed by atoms with Crippen LogP contribution in [0.25, 0.3) is 71.9 Å². The first-order valence-electron chi connectivity index (χ1n) is 19.5. The molecule has 56 heavy (non-hydrogen) atoms. The predicted molar refractivity (Wildman–Crippen MR) is 231 cm³/mol. The zero-order valence-corrected chi connectivity index (χ0v) is 31.0. The van der Waals surface area contributed by atoms with Gasteiger partial charge in [0.1, 0.15) is 5.82 Å². The van der Waals surface area contributed by atoms with Crippen LogP contribution in [0, 0.1) is 0 Å². The molecule has 0 saturated carbocycles. The molecule has 0 fully saturated rings. The van der Waals surface area contributed by atoms with Gasteiger partial charge in [0.2, 0.25) is 0 Å². The first-order valence-corrected chi connectivity index (χ1v) is 19.5. The Morgan fingerprint density at radius 2 is 1.05 bits per heavy atom. The van der Waals surface area contributed by atoms with Crippen molar-refractivity contribution in [3.05, 3.63) is 222 Å². The van der Waals surface area contributed by atoms with E-state index in [2.05, 4.69) is 206 Å². The minimum atomic E-state index is -0.484. The average Bonchev–Trinajstić information content (AvgIpc) is 3.81. The van der Waals surface area contributed by atoms with Crippen molar-refractivity contribution in [2.75, 3.05) is 0 Å². The van der Waals surface area contributed by atoms with Crippen molar-refractivity contribution in [1.29, 1.82) is 0 Å². The molecule has 0 amide bonds. The minimum absolute atomic E-state index is 0.484. The fraction of sp³-hybridized carbons (Fsp3) is 0.0566. The van der Waals surface area contributed by atoms with Crippen molar-refractivity contribution in [2.45, 2.75) is 18.8 Å². The van der Waals surface area contributed by atoms with E-state index in [-0.39, 0.29) is 0 Å². The van der Waals surface area contributed by atoms with Crippen LogP contribution in [0.3, 0.4) is 0 Å². The highest BCUT2D eigenvalue weighted by Gasteiger charge is 2.47. The maximum atomic E-state index is 5.49. The van der Waals surface area contributed by atoms with E-state index in [1.165, 1.54) is 55.3 Å². The van der Waals surface area contributed by atoms with Gasteiger partial charge in [-0.15, -0.1) is 0 Å². The molecule has 2 aromatic heterocycles. The van der Waals surface area contributed by atoms with E-state index in [9.17, 15) is 0 Å². The summed E-state index contributed by atoms with van der Waals surface area (Å²) >= 11 is 0. The second kappa shape index (κ2) is 12.8. The molecule has 1 aliphatic carbocycles. The number of nitrogens with zero attached hydrogens (tertiary/aromatic N) is 3. The topological polar surface area (TPSA) is 30.7 Å². The van der Waals surface area contributed by atoms with Gasteiger partial charge in [-0.2, -0.15) is 0 Å². The van der Waals surface area contributed by atoms with Crippen LogP contribution < -0.4 is 0 Å². The molecule has 8 aromatic carbocycles. The number of imidazole rings is 1. The van der Waals surface area contributed by atoms with Crippen LogP contribution in [0.5, 0.6) is 0 Å². The number of rotatable bonds is 6. The molecular weight excluding hydrogens is 679 g/mol. The highest BCUT2D eigenvalue weighted by molar-refractivity contribution is 6.18.